The molecule has 0 bridgehead atoms. The summed E-state index contributed by atoms with van der Waals surface area (Å²) in [7, 11) is 2.09. The Labute approximate surface area is 107 Å². The van der Waals surface area contributed by atoms with E-state index in [4.69, 9.17) is 11.6 Å². The lowest BCUT2D eigenvalue weighted by atomic mass is 10.0. The third-order valence-corrected chi connectivity index (χ3v) is 3.44. The molecular weight excluding hydrogens is 236 g/mol. The van der Waals surface area contributed by atoms with Gasteiger partial charge in [-0.25, -0.2) is 0 Å². The topological polar surface area (TPSA) is 32.3 Å². The van der Waals surface area contributed by atoms with Crippen molar-refractivity contribution in [3.8, 4) is 0 Å². The summed E-state index contributed by atoms with van der Waals surface area (Å²) in [4.78, 5) is 14.1. The van der Waals surface area contributed by atoms with Crippen LogP contribution in [0.4, 0.5) is 5.69 Å². The maximum Gasteiger partial charge on any atom is 0.224 e. The molecule has 1 N–H and O–H groups in total. The molecule has 0 radical (unpaired) electrons. The van der Waals surface area contributed by atoms with Gasteiger partial charge in [0.2, 0.25) is 5.91 Å². The maximum absolute atomic E-state index is 11.8. The molecule has 4 heteroatoms. The molecule has 1 heterocycles. The van der Waals surface area contributed by atoms with Crippen molar-refractivity contribution in [1.82, 2.24) is 4.90 Å². The molecular formula is C13H17ClN2O. The average molecular weight is 253 g/mol. The predicted molar refractivity (Wildman–Crippen MR) is 70.3 cm³/mol. The number of nitrogens with one attached hydrogen (secondary N) is 1. The standard InChI is InChI=1S/C13H17ClN2O/c1-16-7-6-10(9-16)8-13(17)15-12-5-3-2-4-11(12)14/h2-5,10H,6-9H2,1H3,(H,15,17). The van der Waals surface area contributed by atoms with E-state index in [2.05, 4.69) is 17.3 Å². The Bertz CT molecular complexity index is 408. The molecule has 0 aliphatic carbocycles. The van der Waals surface area contributed by atoms with E-state index in [9.17, 15) is 4.79 Å². The summed E-state index contributed by atoms with van der Waals surface area (Å²) < 4.78 is 0. The first-order chi connectivity index (χ1) is 8.15. The van der Waals surface area contributed by atoms with Crippen molar-refractivity contribution in [2.24, 2.45) is 5.92 Å². The van der Waals surface area contributed by atoms with Gasteiger partial charge in [0.15, 0.2) is 0 Å². The highest BCUT2D eigenvalue weighted by Gasteiger charge is 2.22. The van der Waals surface area contributed by atoms with E-state index in [1.54, 1.807) is 6.07 Å². The Kier molecular flexibility index (Phi) is 4.02. The lowest BCUT2D eigenvalue weighted by molar-refractivity contribution is -0.117. The first-order valence-electron chi connectivity index (χ1n) is 5.88. The summed E-state index contributed by atoms with van der Waals surface area (Å²) in [6.07, 6.45) is 1.68. The lowest BCUT2D eigenvalue weighted by Gasteiger charge is -2.11. The summed E-state index contributed by atoms with van der Waals surface area (Å²) in [5.41, 5.74) is 0.700. The molecule has 1 aliphatic rings. The maximum atomic E-state index is 11.8. The summed E-state index contributed by atoms with van der Waals surface area (Å²) in [5, 5.41) is 3.45. The van der Waals surface area contributed by atoms with E-state index >= 15 is 0 Å². The number of hydrogen-bond donors (Lipinski definition) is 1. The van der Waals surface area contributed by atoms with Crippen LogP contribution in [-0.4, -0.2) is 30.9 Å². The van der Waals surface area contributed by atoms with Gasteiger partial charge in [-0.2, -0.15) is 0 Å². The second-order valence-corrected chi connectivity index (χ2v) is 5.06. The van der Waals surface area contributed by atoms with Gasteiger partial charge in [0.25, 0.3) is 0 Å². The number of nitrogens with zero attached hydrogens (tertiary/aromatic N) is 1. The zero-order valence-corrected chi connectivity index (χ0v) is 10.7. The predicted octanol–water partition coefficient (Wildman–Crippen LogP) is 2.62. The van der Waals surface area contributed by atoms with Crippen molar-refractivity contribution in [2.75, 3.05) is 25.5 Å². The van der Waals surface area contributed by atoms with Gasteiger partial charge in [0.05, 0.1) is 10.7 Å². The third kappa shape index (κ3) is 3.45. The summed E-state index contributed by atoms with van der Waals surface area (Å²) >= 11 is 5.99. The van der Waals surface area contributed by atoms with Gasteiger partial charge in [-0.15, -0.1) is 0 Å². The number of halogens is 1. The average Bonchev–Trinajstić information content (AvgIpc) is 2.67. The normalized spacial score (nSPS) is 20.5. The zero-order valence-electron chi connectivity index (χ0n) is 9.95. The largest absolute Gasteiger partial charge is 0.325 e. The van der Waals surface area contributed by atoms with Gasteiger partial charge in [0.1, 0.15) is 0 Å². The van der Waals surface area contributed by atoms with Crippen molar-refractivity contribution in [1.29, 1.82) is 0 Å². The highest BCUT2D eigenvalue weighted by atomic mass is 35.5. The second-order valence-electron chi connectivity index (χ2n) is 4.65. The number of rotatable bonds is 3. The van der Waals surface area contributed by atoms with E-state index in [0.717, 1.165) is 19.5 Å². The first-order valence-corrected chi connectivity index (χ1v) is 6.26. The van der Waals surface area contributed by atoms with E-state index in [-0.39, 0.29) is 5.91 Å². The molecule has 1 aromatic rings. The van der Waals surface area contributed by atoms with Crippen LogP contribution in [0.2, 0.25) is 5.02 Å². The molecule has 1 atom stereocenters. The molecule has 0 spiro atoms. The molecule has 3 nitrogen and oxygen atoms in total. The highest BCUT2D eigenvalue weighted by Crippen LogP contribution is 2.22. The minimum Gasteiger partial charge on any atom is -0.325 e. The second kappa shape index (κ2) is 5.52. The molecule has 0 aromatic heterocycles. The van der Waals surface area contributed by atoms with Crippen LogP contribution in [0, 0.1) is 5.92 Å². The van der Waals surface area contributed by atoms with Gasteiger partial charge in [-0.3, -0.25) is 4.79 Å². The minimum atomic E-state index is 0.0541. The minimum absolute atomic E-state index is 0.0541. The van der Waals surface area contributed by atoms with E-state index < -0.39 is 0 Å². The van der Waals surface area contributed by atoms with Gasteiger partial charge in [0, 0.05) is 13.0 Å². The number of hydrogen-bond acceptors (Lipinski definition) is 2. The highest BCUT2D eigenvalue weighted by molar-refractivity contribution is 6.33. The third-order valence-electron chi connectivity index (χ3n) is 3.11. The number of carbonyl (C=O) groups is 1. The number of carbonyl (C=O) groups excluding carboxylic acids is 1. The SMILES string of the molecule is CN1CCC(CC(=O)Nc2ccccc2Cl)C1. The van der Waals surface area contributed by atoms with Crippen LogP contribution >= 0.6 is 11.6 Å². The molecule has 1 saturated heterocycles. The fourth-order valence-corrected chi connectivity index (χ4v) is 2.40. The molecule has 1 amide bonds. The van der Waals surface area contributed by atoms with Crippen LogP contribution in [0.3, 0.4) is 0 Å². The molecule has 92 valence electrons. The van der Waals surface area contributed by atoms with Gasteiger partial charge in [-0.1, -0.05) is 23.7 Å². The van der Waals surface area contributed by atoms with Crippen LogP contribution in [0.1, 0.15) is 12.8 Å². The fraction of sp³-hybridized carbons (Fsp3) is 0.462. The summed E-state index contributed by atoms with van der Waals surface area (Å²) in [5.74, 6) is 0.529. The van der Waals surface area contributed by atoms with E-state index in [1.807, 2.05) is 18.2 Å². The van der Waals surface area contributed by atoms with Crippen molar-refractivity contribution < 1.29 is 4.79 Å². The Morgan fingerprint density at radius 1 is 1.53 bits per heavy atom. The molecule has 1 fully saturated rings. The molecule has 1 unspecified atom stereocenters. The number of likely N-dealkylation sites (tertiary alicyclic amines) is 1. The molecule has 17 heavy (non-hydrogen) atoms. The number of amides is 1. The van der Waals surface area contributed by atoms with E-state index in [0.29, 0.717) is 23.0 Å². The molecule has 0 saturated carbocycles. The number of benzene rings is 1. The smallest absolute Gasteiger partial charge is 0.224 e. The van der Waals surface area contributed by atoms with Crippen molar-refractivity contribution in [3.05, 3.63) is 29.3 Å². The lowest BCUT2D eigenvalue weighted by Crippen LogP contribution is -2.19. The van der Waals surface area contributed by atoms with Crippen molar-refractivity contribution in [2.45, 2.75) is 12.8 Å². The van der Waals surface area contributed by atoms with Gasteiger partial charge >= 0.3 is 0 Å². The van der Waals surface area contributed by atoms with Crippen LogP contribution in [0.15, 0.2) is 24.3 Å². The van der Waals surface area contributed by atoms with Crippen LogP contribution < -0.4 is 5.32 Å². The number of anilines is 1. The Hall–Kier alpha value is -1.06. The van der Waals surface area contributed by atoms with Crippen molar-refractivity contribution in [3.63, 3.8) is 0 Å². The summed E-state index contributed by atoms with van der Waals surface area (Å²) in [6, 6.07) is 7.32. The zero-order chi connectivity index (χ0) is 12.3. The van der Waals surface area contributed by atoms with Crippen LogP contribution in [0.5, 0.6) is 0 Å². The summed E-state index contributed by atoms with van der Waals surface area (Å²) in [6.45, 7) is 2.10. The Morgan fingerprint density at radius 2 is 2.29 bits per heavy atom. The fourth-order valence-electron chi connectivity index (χ4n) is 2.22. The van der Waals surface area contributed by atoms with Crippen LogP contribution in [-0.2, 0) is 4.79 Å². The molecule has 1 aromatic carbocycles. The first kappa shape index (κ1) is 12.4. The van der Waals surface area contributed by atoms with Crippen LogP contribution in [0.25, 0.3) is 0 Å². The van der Waals surface area contributed by atoms with Gasteiger partial charge < -0.3 is 10.2 Å². The monoisotopic (exact) mass is 252 g/mol. The molecule has 2 rings (SSSR count). The quantitative estimate of drug-likeness (QED) is 0.897. The van der Waals surface area contributed by atoms with Crippen molar-refractivity contribution >= 4 is 23.2 Å². The Morgan fingerprint density at radius 3 is 2.94 bits per heavy atom. The van der Waals surface area contributed by atoms with Gasteiger partial charge in [-0.05, 0) is 38.1 Å². The Balaban J connectivity index is 1.87. The molecule has 1 aliphatic heterocycles. The number of para-hydroxylation sites is 1. The van der Waals surface area contributed by atoms with E-state index in [1.165, 1.54) is 0 Å².